The van der Waals surface area contributed by atoms with Gasteiger partial charge >= 0.3 is 0 Å². The number of amides is 2. The summed E-state index contributed by atoms with van der Waals surface area (Å²) in [5, 5.41) is 6.26. The molecule has 2 fully saturated rings. The predicted molar refractivity (Wildman–Crippen MR) is 97.5 cm³/mol. The number of hydrogen-bond donors (Lipinski definition) is 2. The van der Waals surface area contributed by atoms with Crippen molar-refractivity contribution < 1.29 is 9.59 Å². The van der Waals surface area contributed by atoms with Crippen LogP contribution >= 0.6 is 0 Å². The first-order chi connectivity index (χ1) is 11.5. The lowest BCUT2D eigenvalue weighted by Gasteiger charge is -2.30. The summed E-state index contributed by atoms with van der Waals surface area (Å²) in [5.74, 6) is 1.38. The fourth-order valence-corrected chi connectivity index (χ4v) is 4.06. The molecule has 0 radical (unpaired) electrons. The fourth-order valence-electron chi connectivity index (χ4n) is 4.06. The topological polar surface area (TPSA) is 58.2 Å². The van der Waals surface area contributed by atoms with Crippen molar-refractivity contribution in [3.8, 4) is 0 Å². The van der Waals surface area contributed by atoms with E-state index in [0.29, 0.717) is 12.3 Å². The van der Waals surface area contributed by atoms with Crippen molar-refractivity contribution in [3.05, 3.63) is 0 Å². The number of carbonyl (C=O) groups excluding carboxylic acids is 2. The SMILES string of the molecule is CC(C)C[C@H](NC(=O)C1CCCCC1)C(=O)NC1CCC(C)CC1. The molecule has 2 aliphatic carbocycles. The molecular weight excluding hydrogens is 300 g/mol. The van der Waals surface area contributed by atoms with E-state index in [0.717, 1.165) is 44.4 Å². The van der Waals surface area contributed by atoms with Crippen LogP contribution in [0.15, 0.2) is 0 Å². The van der Waals surface area contributed by atoms with Gasteiger partial charge in [0.25, 0.3) is 0 Å². The van der Waals surface area contributed by atoms with E-state index in [4.69, 9.17) is 0 Å². The monoisotopic (exact) mass is 336 g/mol. The Morgan fingerprint density at radius 1 is 0.958 bits per heavy atom. The number of carbonyl (C=O) groups is 2. The highest BCUT2D eigenvalue weighted by Gasteiger charge is 2.29. The molecule has 0 aliphatic heterocycles. The van der Waals surface area contributed by atoms with Crippen molar-refractivity contribution in [3.63, 3.8) is 0 Å². The maximum Gasteiger partial charge on any atom is 0.242 e. The van der Waals surface area contributed by atoms with E-state index < -0.39 is 0 Å². The van der Waals surface area contributed by atoms with Crippen LogP contribution in [0.4, 0.5) is 0 Å². The van der Waals surface area contributed by atoms with Gasteiger partial charge in [-0.2, -0.15) is 0 Å². The average molecular weight is 337 g/mol. The highest BCUT2D eigenvalue weighted by Crippen LogP contribution is 2.25. The Morgan fingerprint density at radius 2 is 1.58 bits per heavy atom. The van der Waals surface area contributed by atoms with Gasteiger partial charge in [-0.25, -0.2) is 0 Å². The molecule has 2 N–H and O–H groups in total. The molecule has 4 nitrogen and oxygen atoms in total. The minimum absolute atomic E-state index is 0.0208. The first-order valence-electron chi connectivity index (χ1n) is 10.1. The van der Waals surface area contributed by atoms with E-state index >= 15 is 0 Å². The summed E-state index contributed by atoms with van der Waals surface area (Å²) < 4.78 is 0. The summed E-state index contributed by atoms with van der Waals surface area (Å²) in [6.45, 7) is 6.49. The number of rotatable bonds is 6. The van der Waals surface area contributed by atoms with E-state index in [-0.39, 0.29) is 29.8 Å². The van der Waals surface area contributed by atoms with E-state index in [1.807, 2.05) is 0 Å². The van der Waals surface area contributed by atoms with Crippen molar-refractivity contribution in [1.29, 1.82) is 0 Å². The third-order valence-electron chi connectivity index (χ3n) is 5.68. The Labute approximate surface area is 147 Å². The van der Waals surface area contributed by atoms with Gasteiger partial charge in [-0.05, 0) is 56.8 Å². The molecule has 0 unspecified atom stereocenters. The Hall–Kier alpha value is -1.06. The molecule has 0 bridgehead atoms. The zero-order chi connectivity index (χ0) is 17.5. The summed E-state index contributed by atoms with van der Waals surface area (Å²) in [7, 11) is 0. The lowest BCUT2D eigenvalue weighted by molar-refractivity contribution is -0.132. The standard InChI is InChI=1S/C20H36N2O2/c1-14(2)13-18(22-19(23)16-7-5-4-6-8-16)20(24)21-17-11-9-15(3)10-12-17/h14-18H,4-13H2,1-3H3,(H,21,24)(H,22,23)/t15?,17?,18-/m0/s1. The highest BCUT2D eigenvalue weighted by atomic mass is 16.2. The van der Waals surface area contributed by atoms with Crippen LogP contribution in [0.5, 0.6) is 0 Å². The van der Waals surface area contributed by atoms with Crippen molar-refractivity contribution in [2.75, 3.05) is 0 Å². The Morgan fingerprint density at radius 3 is 2.17 bits per heavy atom. The van der Waals surface area contributed by atoms with Gasteiger partial charge in [0.2, 0.25) is 11.8 Å². The second-order valence-corrected chi connectivity index (χ2v) is 8.49. The van der Waals surface area contributed by atoms with Crippen LogP contribution in [-0.4, -0.2) is 23.9 Å². The van der Waals surface area contributed by atoms with Crippen molar-refractivity contribution in [2.45, 2.75) is 97.1 Å². The maximum atomic E-state index is 12.7. The summed E-state index contributed by atoms with van der Waals surface area (Å²) in [4.78, 5) is 25.3. The summed E-state index contributed by atoms with van der Waals surface area (Å²) in [6, 6.07) is -0.0891. The summed E-state index contributed by atoms with van der Waals surface area (Å²) >= 11 is 0. The van der Waals surface area contributed by atoms with Crippen molar-refractivity contribution in [1.82, 2.24) is 10.6 Å². The lowest BCUT2D eigenvalue weighted by Crippen LogP contribution is -2.52. The second kappa shape index (κ2) is 9.43. The molecule has 138 valence electrons. The normalized spacial score (nSPS) is 26.8. The van der Waals surface area contributed by atoms with Crippen LogP contribution in [0, 0.1) is 17.8 Å². The maximum absolute atomic E-state index is 12.7. The fraction of sp³-hybridized carbons (Fsp3) is 0.900. The first-order valence-corrected chi connectivity index (χ1v) is 10.1. The van der Waals surface area contributed by atoms with E-state index in [9.17, 15) is 9.59 Å². The van der Waals surface area contributed by atoms with Crippen molar-refractivity contribution >= 4 is 11.8 Å². The van der Waals surface area contributed by atoms with Crippen LogP contribution < -0.4 is 10.6 Å². The average Bonchev–Trinajstić information content (AvgIpc) is 2.56. The molecule has 2 amide bonds. The smallest absolute Gasteiger partial charge is 0.242 e. The van der Waals surface area contributed by atoms with Gasteiger partial charge in [-0.1, -0.05) is 40.0 Å². The van der Waals surface area contributed by atoms with Crippen LogP contribution in [0.2, 0.25) is 0 Å². The van der Waals surface area contributed by atoms with Crippen LogP contribution in [0.25, 0.3) is 0 Å². The van der Waals surface area contributed by atoms with Crippen LogP contribution in [-0.2, 0) is 9.59 Å². The molecule has 0 heterocycles. The van der Waals surface area contributed by atoms with Gasteiger partial charge in [0, 0.05) is 12.0 Å². The van der Waals surface area contributed by atoms with E-state index in [2.05, 4.69) is 31.4 Å². The van der Waals surface area contributed by atoms with E-state index in [1.165, 1.54) is 19.3 Å². The van der Waals surface area contributed by atoms with Gasteiger partial charge < -0.3 is 10.6 Å². The predicted octanol–water partition coefficient (Wildman–Crippen LogP) is 3.79. The van der Waals surface area contributed by atoms with Gasteiger partial charge in [-0.3, -0.25) is 9.59 Å². The Kier molecular flexibility index (Phi) is 7.57. The molecule has 2 saturated carbocycles. The molecule has 2 aliphatic rings. The van der Waals surface area contributed by atoms with Crippen molar-refractivity contribution in [2.24, 2.45) is 17.8 Å². The Bertz CT molecular complexity index is 408. The second-order valence-electron chi connectivity index (χ2n) is 8.49. The van der Waals surface area contributed by atoms with Crippen LogP contribution in [0.3, 0.4) is 0 Å². The molecule has 0 saturated heterocycles. The molecule has 4 heteroatoms. The van der Waals surface area contributed by atoms with Crippen LogP contribution in [0.1, 0.15) is 85.0 Å². The molecule has 1 atom stereocenters. The molecule has 0 aromatic carbocycles. The quantitative estimate of drug-likeness (QED) is 0.775. The molecule has 0 spiro atoms. The van der Waals surface area contributed by atoms with Gasteiger partial charge in [-0.15, -0.1) is 0 Å². The molecule has 24 heavy (non-hydrogen) atoms. The zero-order valence-corrected chi connectivity index (χ0v) is 15.8. The minimum atomic E-state index is -0.376. The number of nitrogens with one attached hydrogen (secondary N) is 2. The largest absolute Gasteiger partial charge is 0.352 e. The number of hydrogen-bond acceptors (Lipinski definition) is 2. The lowest BCUT2D eigenvalue weighted by atomic mass is 9.87. The summed E-state index contributed by atoms with van der Waals surface area (Å²) in [6.07, 6.45) is 10.7. The minimum Gasteiger partial charge on any atom is -0.352 e. The van der Waals surface area contributed by atoms with Gasteiger partial charge in [0.05, 0.1) is 0 Å². The Balaban J connectivity index is 1.88. The van der Waals surface area contributed by atoms with Gasteiger partial charge in [0.1, 0.15) is 6.04 Å². The van der Waals surface area contributed by atoms with Gasteiger partial charge in [0.15, 0.2) is 0 Å². The molecule has 0 aromatic rings. The summed E-state index contributed by atoms with van der Waals surface area (Å²) in [5.41, 5.74) is 0. The van der Waals surface area contributed by atoms with E-state index in [1.54, 1.807) is 0 Å². The molecule has 2 rings (SSSR count). The molecular formula is C20H36N2O2. The zero-order valence-electron chi connectivity index (χ0n) is 15.8. The third kappa shape index (κ3) is 6.10. The molecule has 0 aromatic heterocycles. The first kappa shape index (κ1) is 19.3. The third-order valence-corrected chi connectivity index (χ3v) is 5.68. The highest BCUT2D eigenvalue weighted by molar-refractivity contribution is 5.88.